The van der Waals surface area contributed by atoms with Crippen LogP contribution in [0, 0.1) is 5.92 Å². The van der Waals surface area contributed by atoms with Crippen LogP contribution in [0.2, 0.25) is 0 Å². The Balaban J connectivity index is 1.95. The molecule has 3 atom stereocenters. The van der Waals surface area contributed by atoms with Gasteiger partial charge in [0.25, 0.3) is 0 Å². The van der Waals surface area contributed by atoms with E-state index in [1.54, 1.807) is 6.92 Å². The maximum atomic E-state index is 12.0. The third-order valence-corrected chi connectivity index (χ3v) is 5.65. The van der Waals surface area contributed by atoms with Crippen molar-refractivity contribution in [2.75, 3.05) is 6.61 Å². The Morgan fingerprint density at radius 3 is 2.48 bits per heavy atom. The van der Waals surface area contributed by atoms with Crippen LogP contribution in [0.3, 0.4) is 0 Å². The van der Waals surface area contributed by atoms with Crippen LogP contribution in [0.15, 0.2) is 30.3 Å². The first-order valence-corrected chi connectivity index (χ1v) is 11.6. The molecule has 0 amide bonds. The first-order chi connectivity index (χ1) is 13.8. The maximum Gasteiger partial charge on any atom is 0.401 e. The molecule has 0 bridgehead atoms. The first-order valence-electron chi connectivity index (χ1n) is 10.2. The Morgan fingerprint density at radius 1 is 1.10 bits per heavy atom. The van der Waals surface area contributed by atoms with Gasteiger partial charge in [-0.05, 0) is 37.7 Å². The summed E-state index contributed by atoms with van der Waals surface area (Å²) in [5, 5.41) is 0. The molecule has 0 radical (unpaired) electrons. The number of hydrogen-bond acceptors (Lipinski definition) is 7. The van der Waals surface area contributed by atoms with Gasteiger partial charge in [0.05, 0.1) is 19.3 Å². The highest BCUT2D eigenvalue weighted by Crippen LogP contribution is 2.27. The SMILES string of the molecule is CCOC(=O)[C@@H]1OS(=O)(=O)O[C@H]1CC[C@@H](CCCC(C)C)OCc1ccccc1. The van der Waals surface area contributed by atoms with Crippen LogP contribution >= 0.6 is 0 Å². The van der Waals surface area contributed by atoms with Crippen molar-refractivity contribution in [3.63, 3.8) is 0 Å². The van der Waals surface area contributed by atoms with Crippen LogP contribution in [0.4, 0.5) is 0 Å². The summed E-state index contributed by atoms with van der Waals surface area (Å²) in [5.74, 6) is -0.116. The van der Waals surface area contributed by atoms with Gasteiger partial charge in [-0.3, -0.25) is 0 Å². The number of carbonyl (C=O) groups excluding carboxylic acids is 1. The van der Waals surface area contributed by atoms with E-state index in [2.05, 4.69) is 13.8 Å². The van der Waals surface area contributed by atoms with Crippen LogP contribution in [-0.2, 0) is 39.6 Å². The molecule has 1 saturated heterocycles. The monoisotopic (exact) mass is 428 g/mol. The Bertz CT molecular complexity index is 718. The molecule has 1 aliphatic rings. The Labute approximate surface area is 174 Å². The van der Waals surface area contributed by atoms with E-state index in [1.807, 2.05) is 30.3 Å². The second-order valence-electron chi connectivity index (χ2n) is 7.63. The van der Waals surface area contributed by atoms with E-state index in [1.165, 1.54) is 0 Å². The molecule has 0 saturated carbocycles. The fourth-order valence-corrected chi connectivity index (χ4v) is 4.23. The number of ether oxygens (including phenoxy) is 2. The fourth-order valence-electron chi connectivity index (χ4n) is 3.23. The van der Waals surface area contributed by atoms with E-state index in [9.17, 15) is 13.2 Å². The summed E-state index contributed by atoms with van der Waals surface area (Å²) in [6, 6.07) is 9.89. The van der Waals surface area contributed by atoms with Gasteiger partial charge in [0.1, 0.15) is 6.10 Å². The van der Waals surface area contributed by atoms with Crippen molar-refractivity contribution in [2.24, 2.45) is 5.92 Å². The normalized spacial score (nSPS) is 21.9. The predicted octanol–water partition coefficient (Wildman–Crippen LogP) is 3.77. The van der Waals surface area contributed by atoms with Crippen molar-refractivity contribution in [3.8, 4) is 0 Å². The Hall–Kier alpha value is -1.48. The van der Waals surface area contributed by atoms with Gasteiger partial charge >= 0.3 is 16.4 Å². The van der Waals surface area contributed by atoms with Gasteiger partial charge in [-0.15, -0.1) is 0 Å². The lowest BCUT2D eigenvalue weighted by molar-refractivity contribution is -0.152. The molecule has 7 nitrogen and oxygen atoms in total. The van der Waals surface area contributed by atoms with Gasteiger partial charge in [-0.25, -0.2) is 13.2 Å². The molecule has 1 heterocycles. The highest BCUT2D eigenvalue weighted by Gasteiger charge is 2.45. The van der Waals surface area contributed by atoms with Crippen LogP contribution < -0.4 is 0 Å². The zero-order valence-corrected chi connectivity index (χ0v) is 18.2. The summed E-state index contributed by atoms with van der Waals surface area (Å²) in [7, 11) is -4.18. The Morgan fingerprint density at radius 2 is 1.83 bits per heavy atom. The van der Waals surface area contributed by atoms with Crippen molar-refractivity contribution < 1.29 is 31.1 Å². The molecule has 1 aliphatic heterocycles. The van der Waals surface area contributed by atoms with E-state index in [0.717, 1.165) is 24.8 Å². The molecule has 29 heavy (non-hydrogen) atoms. The Kier molecular flexibility index (Phi) is 9.55. The third-order valence-electron chi connectivity index (χ3n) is 4.73. The van der Waals surface area contributed by atoms with Gasteiger partial charge in [-0.2, -0.15) is 8.42 Å². The quantitative estimate of drug-likeness (QED) is 0.468. The van der Waals surface area contributed by atoms with E-state index in [0.29, 0.717) is 25.4 Å². The highest BCUT2D eigenvalue weighted by atomic mass is 32.3. The number of hydrogen-bond donors (Lipinski definition) is 0. The van der Waals surface area contributed by atoms with Crippen molar-refractivity contribution in [1.82, 2.24) is 0 Å². The summed E-state index contributed by atoms with van der Waals surface area (Å²) in [6.07, 6.45) is 1.62. The summed E-state index contributed by atoms with van der Waals surface area (Å²) in [5.41, 5.74) is 1.08. The molecular weight excluding hydrogens is 396 g/mol. The first kappa shape index (κ1) is 23.8. The largest absolute Gasteiger partial charge is 0.464 e. The second kappa shape index (κ2) is 11.6. The van der Waals surface area contributed by atoms with Gasteiger partial charge in [0, 0.05) is 0 Å². The van der Waals surface area contributed by atoms with Crippen molar-refractivity contribution >= 4 is 16.4 Å². The lowest BCUT2D eigenvalue weighted by atomic mass is 9.99. The standard InChI is InChI=1S/C21H32O7S/c1-4-25-21(22)20-19(27-29(23,24)28-20)14-13-18(12-8-9-16(2)3)26-15-17-10-6-5-7-11-17/h5-7,10-11,16,18-20H,4,8-9,12-15H2,1-3H3/t18-,19+,20-/m1/s1. The summed E-state index contributed by atoms with van der Waals surface area (Å²) < 4.78 is 44.1. The van der Waals surface area contributed by atoms with E-state index in [4.69, 9.17) is 17.8 Å². The molecule has 0 spiro atoms. The second-order valence-corrected chi connectivity index (χ2v) is 8.83. The molecule has 0 aliphatic carbocycles. The molecule has 0 N–H and O–H groups in total. The van der Waals surface area contributed by atoms with Gasteiger partial charge in [0.2, 0.25) is 6.10 Å². The highest BCUT2D eigenvalue weighted by molar-refractivity contribution is 7.82. The number of esters is 1. The zero-order valence-electron chi connectivity index (χ0n) is 17.4. The summed E-state index contributed by atoms with van der Waals surface area (Å²) >= 11 is 0. The summed E-state index contributed by atoms with van der Waals surface area (Å²) in [6.45, 7) is 6.63. The van der Waals surface area contributed by atoms with Crippen LogP contribution in [-0.4, -0.2) is 39.3 Å². The minimum Gasteiger partial charge on any atom is -0.464 e. The molecule has 1 aromatic rings. The molecule has 0 unspecified atom stereocenters. The molecule has 1 aromatic carbocycles. The number of carbonyl (C=O) groups is 1. The van der Waals surface area contributed by atoms with Crippen LogP contribution in [0.25, 0.3) is 0 Å². The number of rotatable bonds is 12. The molecule has 0 aromatic heterocycles. The van der Waals surface area contributed by atoms with Gasteiger partial charge in [-0.1, -0.05) is 57.0 Å². The molecular formula is C21H32O7S. The topological polar surface area (TPSA) is 88.1 Å². The maximum absolute atomic E-state index is 12.0. The molecule has 164 valence electrons. The van der Waals surface area contributed by atoms with Crippen molar-refractivity contribution in [1.29, 1.82) is 0 Å². The zero-order chi connectivity index (χ0) is 21.3. The minimum absolute atomic E-state index is 0.0660. The lowest BCUT2D eigenvalue weighted by Gasteiger charge is -2.21. The predicted molar refractivity (Wildman–Crippen MR) is 108 cm³/mol. The van der Waals surface area contributed by atoms with E-state index >= 15 is 0 Å². The smallest absolute Gasteiger partial charge is 0.401 e. The fraction of sp³-hybridized carbons (Fsp3) is 0.667. The number of benzene rings is 1. The average Bonchev–Trinajstić information content (AvgIpc) is 2.99. The van der Waals surface area contributed by atoms with Gasteiger partial charge in [0.15, 0.2) is 0 Å². The van der Waals surface area contributed by atoms with Crippen molar-refractivity contribution in [2.45, 2.75) is 77.8 Å². The van der Waals surface area contributed by atoms with Crippen LogP contribution in [0.1, 0.15) is 58.4 Å². The van der Waals surface area contributed by atoms with E-state index < -0.39 is 28.6 Å². The molecule has 2 rings (SSSR count). The lowest BCUT2D eigenvalue weighted by Crippen LogP contribution is -2.33. The van der Waals surface area contributed by atoms with Crippen molar-refractivity contribution in [3.05, 3.63) is 35.9 Å². The minimum atomic E-state index is -4.18. The third kappa shape index (κ3) is 8.42. The average molecular weight is 429 g/mol. The van der Waals surface area contributed by atoms with Gasteiger partial charge < -0.3 is 9.47 Å². The molecule has 8 heteroatoms. The summed E-state index contributed by atoms with van der Waals surface area (Å²) in [4.78, 5) is 12.0. The molecule has 1 fully saturated rings. The van der Waals surface area contributed by atoms with Crippen LogP contribution in [0.5, 0.6) is 0 Å². The van der Waals surface area contributed by atoms with E-state index in [-0.39, 0.29) is 12.7 Å².